The summed E-state index contributed by atoms with van der Waals surface area (Å²) in [5, 5.41) is -0.299. The third kappa shape index (κ3) is 2.86. The van der Waals surface area contributed by atoms with E-state index in [2.05, 4.69) is 0 Å². The van der Waals surface area contributed by atoms with E-state index in [1.54, 1.807) is 13.8 Å². The Kier molecular flexibility index (Phi) is 4.30. The standard InChI is InChI=1S/C13H23ClO3S/c1-10(2)18(15,16)8-6-13(9-14)5-7-17-12(13)11-3-4-11/h10-12H,3-9H2,1-2H3. The summed E-state index contributed by atoms with van der Waals surface area (Å²) in [5.74, 6) is 1.37. The largest absolute Gasteiger partial charge is 0.377 e. The molecule has 5 heteroatoms. The van der Waals surface area contributed by atoms with E-state index in [0.717, 1.165) is 13.0 Å². The first-order chi connectivity index (χ1) is 8.41. The van der Waals surface area contributed by atoms with Crippen LogP contribution < -0.4 is 0 Å². The van der Waals surface area contributed by atoms with E-state index in [9.17, 15) is 8.42 Å². The molecule has 1 heterocycles. The van der Waals surface area contributed by atoms with Gasteiger partial charge >= 0.3 is 0 Å². The maximum Gasteiger partial charge on any atom is 0.152 e. The zero-order chi connectivity index (χ0) is 13.4. The fraction of sp³-hybridized carbons (Fsp3) is 1.00. The van der Waals surface area contributed by atoms with Gasteiger partial charge in [0.2, 0.25) is 0 Å². The second-order valence-electron chi connectivity index (χ2n) is 6.04. The topological polar surface area (TPSA) is 43.4 Å². The lowest BCUT2D eigenvalue weighted by atomic mass is 9.78. The predicted molar refractivity (Wildman–Crippen MR) is 73.8 cm³/mol. The summed E-state index contributed by atoms with van der Waals surface area (Å²) in [6, 6.07) is 0. The van der Waals surface area contributed by atoms with Crippen LogP contribution >= 0.6 is 11.6 Å². The van der Waals surface area contributed by atoms with Crippen LogP contribution in [0.2, 0.25) is 0 Å². The summed E-state index contributed by atoms with van der Waals surface area (Å²) in [4.78, 5) is 0. The van der Waals surface area contributed by atoms with Crippen molar-refractivity contribution in [2.75, 3.05) is 18.2 Å². The molecule has 0 N–H and O–H groups in total. The third-order valence-electron chi connectivity index (χ3n) is 4.42. The summed E-state index contributed by atoms with van der Waals surface area (Å²) in [6.45, 7) is 4.22. The van der Waals surface area contributed by atoms with Gasteiger partial charge in [0.25, 0.3) is 0 Å². The van der Waals surface area contributed by atoms with Gasteiger partial charge in [0.15, 0.2) is 9.84 Å². The first-order valence-corrected chi connectivity index (χ1v) is 9.05. The summed E-state index contributed by atoms with van der Waals surface area (Å²) in [6.07, 6.45) is 4.17. The van der Waals surface area contributed by atoms with Gasteiger partial charge in [-0.25, -0.2) is 8.42 Å². The molecule has 0 amide bonds. The highest BCUT2D eigenvalue weighted by Crippen LogP contribution is 2.50. The molecule has 3 nitrogen and oxygen atoms in total. The number of halogens is 1. The SMILES string of the molecule is CC(C)S(=O)(=O)CCC1(CCl)CCOC1C1CC1. The molecule has 106 valence electrons. The molecular formula is C13H23ClO3S. The molecule has 0 aromatic heterocycles. The number of rotatable bonds is 6. The van der Waals surface area contributed by atoms with E-state index < -0.39 is 9.84 Å². The minimum Gasteiger partial charge on any atom is -0.377 e. The van der Waals surface area contributed by atoms with E-state index in [1.807, 2.05) is 0 Å². The second-order valence-corrected chi connectivity index (χ2v) is 8.98. The van der Waals surface area contributed by atoms with Crippen molar-refractivity contribution >= 4 is 21.4 Å². The van der Waals surface area contributed by atoms with E-state index in [0.29, 0.717) is 18.2 Å². The van der Waals surface area contributed by atoms with E-state index in [1.165, 1.54) is 12.8 Å². The van der Waals surface area contributed by atoms with Gasteiger partial charge in [-0.2, -0.15) is 0 Å². The van der Waals surface area contributed by atoms with Crippen LogP contribution in [0.3, 0.4) is 0 Å². The van der Waals surface area contributed by atoms with Crippen LogP contribution in [0.15, 0.2) is 0 Å². The first-order valence-electron chi connectivity index (χ1n) is 6.80. The molecular weight excluding hydrogens is 272 g/mol. The quantitative estimate of drug-likeness (QED) is 0.707. The van der Waals surface area contributed by atoms with Gasteiger partial charge in [-0.15, -0.1) is 11.6 Å². The van der Waals surface area contributed by atoms with E-state index >= 15 is 0 Å². The first kappa shape index (κ1) is 14.6. The minimum absolute atomic E-state index is 0.106. The Morgan fingerprint density at radius 1 is 1.39 bits per heavy atom. The van der Waals surface area contributed by atoms with Crippen molar-refractivity contribution in [3.8, 4) is 0 Å². The molecule has 1 saturated heterocycles. The summed E-state index contributed by atoms with van der Waals surface area (Å²) < 4.78 is 29.7. The number of hydrogen-bond donors (Lipinski definition) is 0. The Morgan fingerprint density at radius 3 is 2.56 bits per heavy atom. The molecule has 0 aromatic carbocycles. The summed E-state index contributed by atoms with van der Waals surface area (Å²) in [7, 11) is -2.98. The number of sulfone groups is 1. The molecule has 2 unspecified atom stereocenters. The lowest BCUT2D eigenvalue weighted by Gasteiger charge is -2.32. The van der Waals surface area contributed by atoms with Crippen LogP contribution in [-0.4, -0.2) is 38.0 Å². The van der Waals surface area contributed by atoms with Crippen LogP contribution in [0, 0.1) is 11.3 Å². The lowest BCUT2D eigenvalue weighted by Crippen LogP contribution is -2.37. The molecule has 2 rings (SSSR count). The lowest BCUT2D eigenvalue weighted by molar-refractivity contribution is 0.0389. The van der Waals surface area contributed by atoms with Crippen molar-refractivity contribution < 1.29 is 13.2 Å². The zero-order valence-corrected chi connectivity index (χ0v) is 12.8. The van der Waals surface area contributed by atoms with E-state index in [4.69, 9.17) is 16.3 Å². The van der Waals surface area contributed by atoms with Gasteiger partial charge in [-0.1, -0.05) is 0 Å². The predicted octanol–water partition coefficient (Wildman–Crippen LogP) is 2.62. The van der Waals surface area contributed by atoms with Crippen molar-refractivity contribution in [3.05, 3.63) is 0 Å². The number of hydrogen-bond acceptors (Lipinski definition) is 3. The van der Waals surface area contributed by atoms with Gasteiger partial charge in [-0.05, 0) is 45.4 Å². The van der Waals surface area contributed by atoms with Crippen LogP contribution in [0.1, 0.15) is 39.5 Å². The average molecular weight is 295 g/mol. The average Bonchev–Trinajstić information content (AvgIpc) is 3.07. The fourth-order valence-electron chi connectivity index (χ4n) is 2.80. The number of ether oxygens (including phenoxy) is 1. The monoisotopic (exact) mass is 294 g/mol. The highest BCUT2D eigenvalue weighted by molar-refractivity contribution is 7.91. The maximum atomic E-state index is 12.0. The van der Waals surface area contributed by atoms with Crippen LogP contribution in [-0.2, 0) is 14.6 Å². The van der Waals surface area contributed by atoms with Crippen LogP contribution in [0.25, 0.3) is 0 Å². The molecule has 1 saturated carbocycles. The van der Waals surface area contributed by atoms with Gasteiger partial charge < -0.3 is 4.74 Å². The molecule has 2 aliphatic rings. The van der Waals surface area contributed by atoms with Crippen LogP contribution in [0.4, 0.5) is 0 Å². The van der Waals surface area contributed by atoms with Crippen molar-refractivity contribution in [2.24, 2.45) is 11.3 Å². The Morgan fingerprint density at radius 2 is 2.06 bits per heavy atom. The Labute approximate surface area is 115 Å². The van der Waals surface area contributed by atoms with Crippen molar-refractivity contribution in [3.63, 3.8) is 0 Å². The van der Waals surface area contributed by atoms with Gasteiger partial charge in [-0.3, -0.25) is 0 Å². The second kappa shape index (κ2) is 5.29. The Bertz CT molecular complexity index is 389. The molecule has 2 fully saturated rings. The van der Waals surface area contributed by atoms with E-state index in [-0.39, 0.29) is 22.5 Å². The van der Waals surface area contributed by atoms with Gasteiger partial charge in [0.05, 0.1) is 17.1 Å². The van der Waals surface area contributed by atoms with Crippen molar-refractivity contribution in [2.45, 2.75) is 50.9 Å². The van der Waals surface area contributed by atoms with Crippen molar-refractivity contribution in [1.29, 1.82) is 0 Å². The summed E-state index contributed by atoms with van der Waals surface area (Å²) in [5.41, 5.74) is -0.106. The fourth-order valence-corrected chi connectivity index (χ4v) is 4.38. The highest BCUT2D eigenvalue weighted by Gasteiger charge is 2.50. The smallest absolute Gasteiger partial charge is 0.152 e. The molecule has 0 aromatic rings. The molecule has 0 spiro atoms. The Hall–Kier alpha value is 0.200. The molecule has 0 bridgehead atoms. The van der Waals surface area contributed by atoms with Crippen molar-refractivity contribution in [1.82, 2.24) is 0 Å². The minimum atomic E-state index is -2.98. The van der Waals surface area contributed by atoms with Gasteiger partial charge in [0, 0.05) is 17.9 Å². The summed E-state index contributed by atoms with van der Waals surface area (Å²) >= 11 is 6.16. The Balaban J connectivity index is 2.04. The molecule has 18 heavy (non-hydrogen) atoms. The normalized spacial score (nSPS) is 33.2. The van der Waals surface area contributed by atoms with Crippen LogP contribution in [0.5, 0.6) is 0 Å². The highest BCUT2D eigenvalue weighted by atomic mass is 35.5. The maximum absolute atomic E-state index is 12.0. The molecule has 0 radical (unpaired) electrons. The third-order valence-corrected chi connectivity index (χ3v) is 7.16. The number of alkyl halides is 1. The molecule has 2 atom stereocenters. The molecule has 1 aliphatic carbocycles. The van der Waals surface area contributed by atoms with Gasteiger partial charge in [0.1, 0.15) is 0 Å². The zero-order valence-electron chi connectivity index (χ0n) is 11.2. The molecule has 1 aliphatic heterocycles.